The molecule has 6 heteroatoms. The van der Waals surface area contributed by atoms with Crippen molar-refractivity contribution in [2.75, 3.05) is 11.9 Å². The highest BCUT2D eigenvalue weighted by Gasteiger charge is 2.09. The van der Waals surface area contributed by atoms with Gasteiger partial charge in [0.2, 0.25) is 5.91 Å². The fraction of sp³-hybridized carbons (Fsp3) is 0.133. The fourth-order valence-electron chi connectivity index (χ4n) is 1.70. The first-order valence-corrected chi connectivity index (χ1v) is 6.28. The van der Waals surface area contributed by atoms with Crippen LogP contribution >= 0.6 is 0 Å². The lowest BCUT2D eigenvalue weighted by Crippen LogP contribution is -2.17. The first-order valence-electron chi connectivity index (χ1n) is 6.28. The molecule has 0 atom stereocenters. The molecule has 0 aliphatic rings. The van der Waals surface area contributed by atoms with E-state index in [9.17, 15) is 9.59 Å². The molecule has 108 valence electrons. The molecule has 1 aromatic heterocycles. The highest BCUT2D eigenvalue weighted by atomic mass is 16.5. The summed E-state index contributed by atoms with van der Waals surface area (Å²) in [4.78, 5) is 26.5. The normalized spacial score (nSPS) is 9.90. The number of carboxylic acid groups (broad SMARTS) is 1. The number of amides is 1. The number of aliphatic carboxylic acids is 1. The minimum Gasteiger partial charge on any atom is -0.480 e. The minimum absolute atomic E-state index is 0.133. The van der Waals surface area contributed by atoms with Crippen molar-refractivity contribution in [3.63, 3.8) is 0 Å². The Hall–Kier alpha value is -2.89. The van der Waals surface area contributed by atoms with Gasteiger partial charge in [0.25, 0.3) is 0 Å². The van der Waals surface area contributed by atoms with Gasteiger partial charge in [-0.3, -0.25) is 9.78 Å². The van der Waals surface area contributed by atoms with Gasteiger partial charge < -0.3 is 15.2 Å². The van der Waals surface area contributed by atoms with Crippen molar-refractivity contribution in [1.82, 2.24) is 4.98 Å². The van der Waals surface area contributed by atoms with Gasteiger partial charge in [0.15, 0.2) is 6.61 Å². The molecule has 2 rings (SSSR count). The second-order valence-corrected chi connectivity index (χ2v) is 4.22. The average Bonchev–Trinajstić information content (AvgIpc) is 2.47. The number of nitrogens with zero attached hydrogens (tertiary/aromatic N) is 1. The topological polar surface area (TPSA) is 88.5 Å². The lowest BCUT2D eigenvalue weighted by atomic mass is 10.2. The minimum atomic E-state index is -1.08. The van der Waals surface area contributed by atoms with Crippen molar-refractivity contribution in [3.8, 4) is 5.75 Å². The van der Waals surface area contributed by atoms with E-state index in [0.717, 1.165) is 0 Å². The van der Waals surface area contributed by atoms with E-state index in [4.69, 9.17) is 9.84 Å². The second kappa shape index (κ2) is 7.04. The van der Waals surface area contributed by atoms with Crippen molar-refractivity contribution in [2.45, 2.75) is 6.42 Å². The number of para-hydroxylation sites is 2. The van der Waals surface area contributed by atoms with Crippen molar-refractivity contribution < 1.29 is 19.4 Å². The van der Waals surface area contributed by atoms with E-state index in [1.54, 1.807) is 48.7 Å². The number of carboxylic acids is 1. The van der Waals surface area contributed by atoms with Crippen LogP contribution in [0.15, 0.2) is 48.7 Å². The summed E-state index contributed by atoms with van der Waals surface area (Å²) in [6.45, 7) is -0.465. The van der Waals surface area contributed by atoms with Crippen LogP contribution in [-0.4, -0.2) is 28.6 Å². The van der Waals surface area contributed by atoms with Gasteiger partial charge in [-0.25, -0.2) is 4.79 Å². The van der Waals surface area contributed by atoms with E-state index in [2.05, 4.69) is 10.3 Å². The summed E-state index contributed by atoms with van der Waals surface area (Å²) in [5, 5.41) is 11.3. The zero-order valence-electron chi connectivity index (χ0n) is 11.2. The van der Waals surface area contributed by atoms with Gasteiger partial charge in [-0.1, -0.05) is 18.2 Å². The summed E-state index contributed by atoms with van der Waals surface area (Å²) < 4.78 is 5.12. The second-order valence-electron chi connectivity index (χ2n) is 4.22. The Labute approximate surface area is 121 Å². The number of benzene rings is 1. The number of carbonyl (C=O) groups excluding carboxylic acids is 1. The number of aromatic nitrogens is 1. The Bertz CT molecular complexity index is 629. The molecule has 2 aromatic rings. The maximum absolute atomic E-state index is 11.9. The van der Waals surface area contributed by atoms with Crippen molar-refractivity contribution in [2.24, 2.45) is 0 Å². The number of nitrogens with one attached hydrogen (secondary N) is 1. The Morgan fingerprint density at radius 2 is 1.90 bits per heavy atom. The van der Waals surface area contributed by atoms with Crippen LogP contribution in [-0.2, 0) is 16.0 Å². The van der Waals surface area contributed by atoms with Crippen molar-refractivity contribution >= 4 is 17.6 Å². The third kappa shape index (κ3) is 4.61. The standard InChI is InChI=1S/C15H14N2O4/c18-14(9-11-5-3-4-8-16-11)17-12-6-1-2-7-13(12)21-10-15(19)20/h1-8H,9-10H2,(H,17,18)(H,19,20). The van der Waals surface area contributed by atoms with Crippen LogP contribution in [0.1, 0.15) is 5.69 Å². The molecule has 0 bridgehead atoms. The molecule has 1 aromatic carbocycles. The van der Waals surface area contributed by atoms with E-state index in [1.807, 2.05) is 0 Å². The molecule has 0 aliphatic carbocycles. The zero-order valence-corrected chi connectivity index (χ0v) is 11.2. The summed E-state index contributed by atoms with van der Waals surface area (Å²) in [7, 11) is 0. The molecule has 0 saturated heterocycles. The largest absolute Gasteiger partial charge is 0.480 e. The van der Waals surface area contributed by atoms with E-state index in [0.29, 0.717) is 17.1 Å². The van der Waals surface area contributed by atoms with E-state index in [-0.39, 0.29) is 12.3 Å². The molecule has 0 radical (unpaired) electrons. The first kappa shape index (κ1) is 14.5. The van der Waals surface area contributed by atoms with Gasteiger partial charge >= 0.3 is 5.97 Å². The summed E-state index contributed by atoms with van der Waals surface area (Å²) in [6, 6.07) is 12.0. The summed E-state index contributed by atoms with van der Waals surface area (Å²) in [6.07, 6.45) is 1.75. The predicted octanol–water partition coefficient (Wildman–Crippen LogP) is 1.73. The number of ether oxygens (including phenoxy) is 1. The number of hydrogen-bond donors (Lipinski definition) is 2. The molecular formula is C15H14N2O4. The molecule has 1 heterocycles. The number of pyridine rings is 1. The lowest BCUT2D eigenvalue weighted by Gasteiger charge is -2.11. The van der Waals surface area contributed by atoms with E-state index < -0.39 is 12.6 Å². The zero-order chi connectivity index (χ0) is 15.1. The number of carbonyl (C=O) groups is 2. The van der Waals surface area contributed by atoms with Gasteiger partial charge in [0.05, 0.1) is 12.1 Å². The third-order valence-corrected chi connectivity index (χ3v) is 2.58. The Morgan fingerprint density at radius 3 is 2.62 bits per heavy atom. The van der Waals surface area contributed by atoms with Crippen LogP contribution < -0.4 is 10.1 Å². The smallest absolute Gasteiger partial charge is 0.341 e. The molecular weight excluding hydrogens is 272 g/mol. The molecule has 0 aliphatic heterocycles. The van der Waals surface area contributed by atoms with Gasteiger partial charge in [-0.15, -0.1) is 0 Å². The van der Waals surface area contributed by atoms with Crippen molar-refractivity contribution in [3.05, 3.63) is 54.4 Å². The highest BCUT2D eigenvalue weighted by molar-refractivity contribution is 5.93. The molecule has 0 fully saturated rings. The number of hydrogen-bond acceptors (Lipinski definition) is 4. The average molecular weight is 286 g/mol. The Kier molecular flexibility index (Phi) is 4.87. The number of rotatable bonds is 6. The molecule has 0 spiro atoms. The number of anilines is 1. The molecule has 6 nitrogen and oxygen atoms in total. The predicted molar refractivity (Wildman–Crippen MR) is 76.1 cm³/mol. The van der Waals surface area contributed by atoms with E-state index >= 15 is 0 Å². The van der Waals surface area contributed by atoms with Crippen LogP contribution in [0.3, 0.4) is 0 Å². The Morgan fingerprint density at radius 1 is 1.14 bits per heavy atom. The molecule has 1 amide bonds. The van der Waals surface area contributed by atoms with Gasteiger partial charge in [0, 0.05) is 11.9 Å². The van der Waals surface area contributed by atoms with Gasteiger partial charge in [-0.2, -0.15) is 0 Å². The fourth-order valence-corrected chi connectivity index (χ4v) is 1.70. The monoisotopic (exact) mass is 286 g/mol. The van der Waals surface area contributed by atoms with E-state index in [1.165, 1.54) is 0 Å². The quantitative estimate of drug-likeness (QED) is 0.844. The van der Waals surface area contributed by atoms with Gasteiger partial charge in [0.1, 0.15) is 5.75 Å². The maximum atomic E-state index is 11.9. The van der Waals surface area contributed by atoms with Crippen LogP contribution in [0.5, 0.6) is 5.75 Å². The Balaban J connectivity index is 2.01. The van der Waals surface area contributed by atoms with Crippen LogP contribution in [0, 0.1) is 0 Å². The summed E-state index contributed by atoms with van der Waals surface area (Å²) in [5.74, 6) is -1.01. The lowest BCUT2D eigenvalue weighted by molar-refractivity contribution is -0.139. The summed E-state index contributed by atoms with van der Waals surface area (Å²) in [5.41, 5.74) is 1.08. The SMILES string of the molecule is O=C(O)COc1ccccc1NC(=O)Cc1ccccn1. The molecule has 2 N–H and O–H groups in total. The first-order chi connectivity index (χ1) is 10.1. The van der Waals surface area contributed by atoms with Crippen LogP contribution in [0.25, 0.3) is 0 Å². The molecule has 0 saturated carbocycles. The summed E-state index contributed by atoms with van der Waals surface area (Å²) >= 11 is 0. The third-order valence-electron chi connectivity index (χ3n) is 2.58. The maximum Gasteiger partial charge on any atom is 0.341 e. The van der Waals surface area contributed by atoms with Crippen molar-refractivity contribution in [1.29, 1.82) is 0 Å². The highest BCUT2D eigenvalue weighted by Crippen LogP contribution is 2.23. The van der Waals surface area contributed by atoms with Gasteiger partial charge in [-0.05, 0) is 24.3 Å². The van der Waals surface area contributed by atoms with Crippen LogP contribution in [0.4, 0.5) is 5.69 Å². The molecule has 0 unspecified atom stereocenters. The molecule has 21 heavy (non-hydrogen) atoms. The van der Waals surface area contributed by atoms with Crippen LogP contribution in [0.2, 0.25) is 0 Å².